The molecule has 0 aliphatic rings. The molecule has 12 heavy (non-hydrogen) atoms. The van der Waals surface area contributed by atoms with E-state index in [9.17, 15) is 4.79 Å². The highest BCUT2D eigenvalue weighted by Gasteiger charge is 1.81. The second-order valence-corrected chi connectivity index (χ2v) is 2.95. The molecule has 68 valence electrons. The van der Waals surface area contributed by atoms with Crippen molar-refractivity contribution in [3.8, 4) is 0 Å². The van der Waals surface area contributed by atoms with Gasteiger partial charge < -0.3 is 0 Å². The van der Waals surface area contributed by atoms with E-state index in [1.165, 1.54) is 19.3 Å². The number of rotatable bonds is 6. The Kier molecular flexibility index (Phi) is 7.66. The van der Waals surface area contributed by atoms with E-state index >= 15 is 0 Å². The molecule has 1 nitrogen and oxygen atoms in total. The highest BCUT2D eigenvalue weighted by molar-refractivity contribution is 5.72. The summed E-state index contributed by atoms with van der Waals surface area (Å²) in [5, 5.41) is 0. The molecule has 0 saturated heterocycles. The molecule has 1 heteroatoms. The van der Waals surface area contributed by atoms with Gasteiger partial charge in [0, 0.05) is 0 Å². The molecule has 0 saturated carbocycles. The number of unbranched alkanes of at least 4 members (excludes halogenated alkanes) is 3. The summed E-state index contributed by atoms with van der Waals surface area (Å²) in [7, 11) is 0. The molecule has 0 heterocycles. The maximum atomic E-state index is 10.2. The second kappa shape index (κ2) is 8.25. The number of hydrogen-bond donors (Lipinski definition) is 0. The van der Waals surface area contributed by atoms with Gasteiger partial charge in [-0.1, -0.05) is 38.0 Å². The molecule has 0 aliphatic carbocycles. The normalized spacial score (nSPS) is 12.3. The Morgan fingerprint density at radius 2 is 2.08 bits per heavy atom. The molecular formula is C11H18O. The van der Waals surface area contributed by atoms with Crippen LogP contribution in [0.15, 0.2) is 23.8 Å². The van der Waals surface area contributed by atoms with Gasteiger partial charge in [0.25, 0.3) is 0 Å². The third-order valence-corrected chi connectivity index (χ3v) is 1.66. The standard InChI is InChI=1S/C11H18O/c1-3-4-5-6-7-8-9-11(2)10-12/h7-10H,3-6H2,1-2H3/b8-7+,11-9+. The third kappa shape index (κ3) is 7.26. The summed E-state index contributed by atoms with van der Waals surface area (Å²) in [5.74, 6) is 0. The summed E-state index contributed by atoms with van der Waals surface area (Å²) in [5.41, 5.74) is 0.779. The first-order valence-electron chi connectivity index (χ1n) is 4.60. The van der Waals surface area contributed by atoms with Crippen LogP contribution >= 0.6 is 0 Å². The number of allylic oxidation sites excluding steroid dienone is 4. The van der Waals surface area contributed by atoms with Crippen molar-refractivity contribution in [3.05, 3.63) is 23.8 Å². The van der Waals surface area contributed by atoms with Gasteiger partial charge in [0.1, 0.15) is 6.29 Å². The van der Waals surface area contributed by atoms with Gasteiger partial charge >= 0.3 is 0 Å². The molecule has 0 spiro atoms. The molecule has 0 aliphatic heterocycles. The van der Waals surface area contributed by atoms with E-state index in [1.54, 1.807) is 0 Å². The number of aldehydes is 1. The molecule has 0 N–H and O–H groups in total. The summed E-state index contributed by atoms with van der Waals surface area (Å²) >= 11 is 0. The van der Waals surface area contributed by atoms with E-state index in [0.29, 0.717) is 0 Å². The molecule has 0 radical (unpaired) electrons. The van der Waals surface area contributed by atoms with Crippen molar-refractivity contribution >= 4 is 6.29 Å². The van der Waals surface area contributed by atoms with E-state index in [0.717, 1.165) is 18.3 Å². The average molecular weight is 166 g/mol. The van der Waals surface area contributed by atoms with Crippen molar-refractivity contribution in [3.63, 3.8) is 0 Å². The van der Waals surface area contributed by atoms with Crippen LogP contribution in [0.5, 0.6) is 0 Å². The Hall–Kier alpha value is -0.850. The summed E-state index contributed by atoms with van der Waals surface area (Å²) in [6.45, 7) is 4.00. The number of carbonyl (C=O) groups excluding carboxylic acids is 1. The highest BCUT2D eigenvalue weighted by atomic mass is 16.1. The molecule has 0 aromatic carbocycles. The molecule has 0 unspecified atom stereocenters. The monoisotopic (exact) mass is 166 g/mol. The van der Waals surface area contributed by atoms with Gasteiger partial charge in [-0.15, -0.1) is 0 Å². The van der Waals surface area contributed by atoms with Crippen LogP contribution in [-0.2, 0) is 4.79 Å². The minimum Gasteiger partial charge on any atom is -0.298 e. The first-order valence-corrected chi connectivity index (χ1v) is 4.60. The van der Waals surface area contributed by atoms with Crippen LogP contribution in [0.25, 0.3) is 0 Å². The minimum atomic E-state index is 0.779. The van der Waals surface area contributed by atoms with Crippen molar-refractivity contribution in [2.24, 2.45) is 0 Å². The molecule has 0 fully saturated rings. The number of hydrogen-bond acceptors (Lipinski definition) is 1. The van der Waals surface area contributed by atoms with Gasteiger partial charge in [-0.05, 0) is 25.3 Å². The van der Waals surface area contributed by atoms with Gasteiger partial charge in [0.15, 0.2) is 0 Å². The molecule has 0 aromatic rings. The summed E-state index contributed by atoms with van der Waals surface area (Å²) in [6, 6.07) is 0. The predicted molar refractivity (Wildman–Crippen MR) is 53.1 cm³/mol. The van der Waals surface area contributed by atoms with Crippen LogP contribution < -0.4 is 0 Å². The third-order valence-electron chi connectivity index (χ3n) is 1.66. The molecule has 0 rings (SSSR count). The average Bonchev–Trinajstić information content (AvgIpc) is 2.10. The molecule has 0 aromatic heterocycles. The van der Waals surface area contributed by atoms with Gasteiger partial charge in [-0.3, -0.25) is 4.79 Å². The van der Waals surface area contributed by atoms with Crippen LogP contribution in [0.2, 0.25) is 0 Å². The Labute approximate surface area is 75.2 Å². The van der Waals surface area contributed by atoms with E-state index < -0.39 is 0 Å². The lowest BCUT2D eigenvalue weighted by atomic mass is 10.2. The summed E-state index contributed by atoms with van der Waals surface area (Å²) < 4.78 is 0. The van der Waals surface area contributed by atoms with Crippen LogP contribution in [0.4, 0.5) is 0 Å². The van der Waals surface area contributed by atoms with Crippen LogP contribution in [0, 0.1) is 0 Å². The zero-order valence-electron chi connectivity index (χ0n) is 8.05. The quantitative estimate of drug-likeness (QED) is 0.256. The van der Waals surface area contributed by atoms with Crippen molar-refractivity contribution in [1.82, 2.24) is 0 Å². The molecular weight excluding hydrogens is 148 g/mol. The van der Waals surface area contributed by atoms with E-state index in [2.05, 4.69) is 13.0 Å². The maximum absolute atomic E-state index is 10.2. The fourth-order valence-electron chi connectivity index (χ4n) is 0.868. The van der Waals surface area contributed by atoms with E-state index in [4.69, 9.17) is 0 Å². The Morgan fingerprint density at radius 1 is 1.33 bits per heavy atom. The summed E-state index contributed by atoms with van der Waals surface area (Å²) in [6.07, 6.45) is 11.7. The van der Waals surface area contributed by atoms with Crippen LogP contribution in [0.3, 0.4) is 0 Å². The first-order chi connectivity index (χ1) is 5.81. The lowest BCUT2D eigenvalue weighted by Gasteiger charge is -1.90. The first kappa shape index (κ1) is 11.2. The molecule has 0 atom stereocenters. The molecule has 0 bridgehead atoms. The van der Waals surface area contributed by atoms with Crippen LogP contribution in [0.1, 0.15) is 39.5 Å². The van der Waals surface area contributed by atoms with Crippen molar-refractivity contribution in [1.29, 1.82) is 0 Å². The smallest absolute Gasteiger partial charge is 0.145 e. The van der Waals surface area contributed by atoms with Crippen molar-refractivity contribution < 1.29 is 4.79 Å². The van der Waals surface area contributed by atoms with Crippen LogP contribution in [-0.4, -0.2) is 6.29 Å². The Balaban J connectivity index is 3.43. The van der Waals surface area contributed by atoms with Gasteiger partial charge in [-0.25, -0.2) is 0 Å². The largest absolute Gasteiger partial charge is 0.298 e. The fourth-order valence-corrected chi connectivity index (χ4v) is 0.868. The lowest BCUT2D eigenvalue weighted by molar-refractivity contribution is -0.104. The fraction of sp³-hybridized carbons (Fsp3) is 0.545. The van der Waals surface area contributed by atoms with Gasteiger partial charge in [-0.2, -0.15) is 0 Å². The number of carbonyl (C=O) groups is 1. The minimum absolute atomic E-state index is 0.779. The SMILES string of the molecule is CCCCC/C=C/C=C(\C)C=O. The second-order valence-electron chi connectivity index (χ2n) is 2.95. The van der Waals surface area contributed by atoms with E-state index in [1.807, 2.05) is 19.1 Å². The maximum Gasteiger partial charge on any atom is 0.145 e. The van der Waals surface area contributed by atoms with Gasteiger partial charge in [0.2, 0.25) is 0 Å². The van der Waals surface area contributed by atoms with Gasteiger partial charge in [0.05, 0.1) is 0 Å². The van der Waals surface area contributed by atoms with Crippen molar-refractivity contribution in [2.45, 2.75) is 39.5 Å². The topological polar surface area (TPSA) is 17.1 Å². The Bertz CT molecular complexity index is 166. The zero-order chi connectivity index (χ0) is 9.23. The predicted octanol–water partition coefficient (Wildman–Crippen LogP) is 3.27. The highest BCUT2D eigenvalue weighted by Crippen LogP contribution is 1.99. The summed E-state index contributed by atoms with van der Waals surface area (Å²) in [4.78, 5) is 10.2. The van der Waals surface area contributed by atoms with E-state index in [-0.39, 0.29) is 0 Å². The zero-order valence-corrected chi connectivity index (χ0v) is 8.05. The van der Waals surface area contributed by atoms with Crippen molar-refractivity contribution in [2.75, 3.05) is 0 Å². The molecule has 0 amide bonds. The lowest BCUT2D eigenvalue weighted by Crippen LogP contribution is -1.73. The Morgan fingerprint density at radius 3 is 2.67 bits per heavy atom.